The maximum atomic E-state index is 5.62. The molecule has 0 spiro atoms. The molecule has 0 heterocycles. The molecule has 0 aromatic heterocycles. The van der Waals surface area contributed by atoms with Gasteiger partial charge in [-0.2, -0.15) is 0 Å². The number of nitrogens with two attached hydrogens (primary N) is 1. The van der Waals surface area contributed by atoms with Gasteiger partial charge in [0.25, 0.3) is 0 Å². The molecule has 2 N–H and O–H groups in total. The van der Waals surface area contributed by atoms with Gasteiger partial charge in [-0.15, -0.1) is 12.4 Å². The van der Waals surface area contributed by atoms with Crippen molar-refractivity contribution in [1.29, 1.82) is 0 Å². The number of aryl methyl sites for hydroxylation is 1. The van der Waals surface area contributed by atoms with E-state index in [4.69, 9.17) is 5.73 Å². The second-order valence-corrected chi connectivity index (χ2v) is 2.29. The molecule has 0 radical (unpaired) electrons. The molecule has 11 heavy (non-hydrogen) atoms. The second-order valence-electron chi connectivity index (χ2n) is 2.29. The van der Waals surface area contributed by atoms with Crippen LogP contribution >= 0.6 is 12.4 Å². The molecule has 0 atom stereocenters. The summed E-state index contributed by atoms with van der Waals surface area (Å²) in [5, 5.41) is 0. The van der Waals surface area contributed by atoms with E-state index in [1.165, 1.54) is 11.1 Å². The molecule has 0 fully saturated rings. The van der Waals surface area contributed by atoms with E-state index in [0.717, 1.165) is 5.69 Å². The first-order valence-electron chi connectivity index (χ1n) is 3.03. The van der Waals surface area contributed by atoms with Crippen molar-refractivity contribution >= 4 is 18.1 Å². The second kappa shape index (κ2) is 5.57. The number of hydrogen-bond acceptors (Lipinski definition) is 1. The average molecular weight is 223 g/mol. The van der Waals surface area contributed by atoms with Crippen molar-refractivity contribution in [3.63, 3.8) is 0 Å². The minimum absolute atomic E-state index is 0. The van der Waals surface area contributed by atoms with Crippen molar-refractivity contribution in [2.45, 2.75) is 13.8 Å². The Bertz CT molecular complexity index is 205. The Kier molecular flexibility index (Phi) is 6.84. The van der Waals surface area contributed by atoms with Crippen molar-refractivity contribution in [2.75, 3.05) is 5.73 Å². The van der Waals surface area contributed by atoms with Crippen LogP contribution in [0.3, 0.4) is 0 Å². The van der Waals surface area contributed by atoms with Crippen LogP contribution in [0.15, 0.2) is 18.2 Å². The van der Waals surface area contributed by atoms with Gasteiger partial charge in [-0.3, -0.25) is 0 Å². The third kappa shape index (κ3) is 3.22. The first-order valence-corrected chi connectivity index (χ1v) is 3.03. The quantitative estimate of drug-likeness (QED) is 0.530. The summed E-state index contributed by atoms with van der Waals surface area (Å²) in [6.45, 7) is 4.09. The minimum atomic E-state index is 0. The summed E-state index contributed by atoms with van der Waals surface area (Å²) in [6.07, 6.45) is 0. The fourth-order valence-corrected chi connectivity index (χ4v) is 0.774. The summed E-state index contributed by atoms with van der Waals surface area (Å²) in [5.41, 5.74) is 8.96. The minimum Gasteiger partial charge on any atom is -0.399 e. The van der Waals surface area contributed by atoms with E-state index < -0.39 is 0 Å². The van der Waals surface area contributed by atoms with Crippen LogP contribution in [0.4, 0.5) is 5.69 Å². The maximum absolute atomic E-state index is 5.62. The van der Waals surface area contributed by atoms with Gasteiger partial charge in [-0.25, -0.2) is 0 Å². The molecule has 0 bridgehead atoms. The van der Waals surface area contributed by atoms with Crippen LogP contribution in [0, 0.1) is 13.8 Å². The van der Waals surface area contributed by atoms with Gasteiger partial charge in [0.05, 0.1) is 0 Å². The summed E-state index contributed by atoms with van der Waals surface area (Å²) in [4.78, 5) is 0. The van der Waals surface area contributed by atoms with E-state index in [1.54, 1.807) is 0 Å². The molecule has 1 nitrogen and oxygen atoms in total. The summed E-state index contributed by atoms with van der Waals surface area (Å²) < 4.78 is 0. The number of halogens is 1. The molecule has 3 heteroatoms. The Morgan fingerprint density at radius 2 is 1.73 bits per heavy atom. The number of hydrogen-bond donors (Lipinski definition) is 1. The van der Waals surface area contributed by atoms with Gasteiger partial charge in [0.15, 0.2) is 0 Å². The Morgan fingerprint density at radius 1 is 1.18 bits per heavy atom. The largest absolute Gasteiger partial charge is 0.399 e. The number of nitrogen functional groups attached to an aromatic ring is 1. The summed E-state index contributed by atoms with van der Waals surface area (Å²) in [6, 6.07) is 5.95. The smallest absolute Gasteiger partial charge is 0.0346 e. The van der Waals surface area contributed by atoms with Crippen LogP contribution in [0.5, 0.6) is 0 Å². The molecule has 0 aliphatic rings. The van der Waals surface area contributed by atoms with Crippen LogP contribution in [0.25, 0.3) is 0 Å². The monoisotopic (exact) mass is 221 g/mol. The van der Waals surface area contributed by atoms with Crippen molar-refractivity contribution < 1.29 is 19.5 Å². The first-order chi connectivity index (χ1) is 4.22. The van der Waals surface area contributed by atoms with Crippen LogP contribution in [-0.4, -0.2) is 0 Å². The molecule has 58 valence electrons. The fraction of sp³-hybridized carbons (Fsp3) is 0.250. The molecule has 1 aromatic carbocycles. The van der Waals surface area contributed by atoms with Crippen LogP contribution in [-0.2, 0) is 19.5 Å². The van der Waals surface area contributed by atoms with Gasteiger partial charge in [-0.1, -0.05) is 12.1 Å². The first kappa shape index (κ1) is 13.5. The van der Waals surface area contributed by atoms with Gasteiger partial charge in [0.2, 0.25) is 0 Å². The van der Waals surface area contributed by atoms with Gasteiger partial charge in [-0.05, 0) is 31.0 Å². The maximum Gasteiger partial charge on any atom is 0.0346 e. The topological polar surface area (TPSA) is 26.0 Å². The van der Waals surface area contributed by atoms with E-state index in [0.29, 0.717) is 0 Å². The van der Waals surface area contributed by atoms with Crippen LogP contribution < -0.4 is 5.73 Å². The van der Waals surface area contributed by atoms with E-state index in [9.17, 15) is 0 Å². The molecule has 1 rings (SSSR count). The summed E-state index contributed by atoms with van der Waals surface area (Å²) >= 11 is 0. The summed E-state index contributed by atoms with van der Waals surface area (Å²) in [5.74, 6) is 0. The van der Waals surface area contributed by atoms with E-state index in [-0.39, 0.29) is 31.9 Å². The van der Waals surface area contributed by atoms with E-state index in [2.05, 4.69) is 13.0 Å². The normalized spacial score (nSPS) is 7.82. The Morgan fingerprint density at radius 3 is 2.09 bits per heavy atom. The number of rotatable bonds is 0. The van der Waals surface area contributed by atoms with Crippen LogP contribution in [0.2, 0.25) is 0 Å². The molecule has 1 aromatic rings. The summed E-state index contributed by atoms with van der Waals surface area (Å²) in [7, 11) is 0. The predicted octanol–water partition coefficient (Wildman–Crippen LogP) is 2.30. The van der Waals surface area contributed by atoms with E-state index >= 15 is 0 Å². The average Bonchev–Trinajstić information content (AvgIpc) is 1.83. The van der Waals surface area contributed by atoms with Crippen molar-refractivity contribution in [2.24, 2.45) is 0 Å². The Labute approximate surface area is 86.5 Å². The standard InChI is InChI=1S/C8H11N.ClH.Zn/c1-6-4-3-5-8(9)7(6)2;;/h3-5H,9H2,1-2H3;1H;. The zero-order valence-electron chi connectivity index (χ0n) is 6.92. The van der Waals surface area contributed by atoms with Gasteiger partial charge >= 0.3 is 0 Å². The molecular formula is C8H12ClNZn. The molecule has 0 aliphatic carbocycles. The fourth-order valence-electron chi connectivity index (χ4n) is 0.774. The molecule has 0 amide bonds. The molecule has 0 saturated carbocycles. The molecule has 0 unspecified atom stereocenters. The van der Waals surface area contributed by atoms with Gasteiger partial charge < -0.3 is 5.73 Å². The van der Waals surface area contributed by atoms with E-state index in [1.807, 2.05) is 19.1 Å². The Balaban J connectivity index is 0. The zero-order chi connectivity index (χ0) is 6.85. The third-order valence-electron chi connectivity index (χ3n) is 1.65. The SMILES string of the molecule is Cc1cccc(N)c1C.Cl.[Zn]. The molecule has 0 aliphatic heterocycles. The van der Waals surface area contributed by atoms with Crippen molar-refractivity contribution in [3.05, 3.63) is 29.3 Å². The van der Waals surface area contributed by atoms with Gasteiger partial charge in [0, 0.05) is 25.2 Å². The van der Waals surface area contributed by atoms with Crippen molar-refractivity contribution in [1.82, 2.24) is 0 Å². The zero-order valence-corrected chi connectivity index (χ0v) is 10.7. The number of anilines is 1. The third-order valence-corrected chi connectivity index (χ3v) is 1.65. The molecular weight excluding hydrogens is 211 g/mol. The molecule has 0 saturated heterocycles. The number of benzene rings is 1. The van der Waals surface area contributed by atoms with Crippen molar-refractivity contribution in [3.8, 4) is 0 Å². The Hall–Kier alpha value is -0.0666. The predicted molar refractivity (Wildman–Crippen MR) is 47.6 cm³/mol. The van der Waals surface area contributed by atoms with Gasteiger partial charge in [0.1, 0.15) is 0 Å². The van der Waals surface area contributed by atoms with Crippen LogP contribution in [0.1, 0.15) is 11.1 Å².